The maximum atomic E-state index is 11.9. The maximum absolute atomic E-state index is 11.9. The van der Waals surface area contributed by atoms with Crippen molar-refractivity contribution < 1.29 is 9.53 Å². The van der Waals surface area contributed by atoms with Gasteiger partial charge in [0, 0.05) is 6.54 Å². The van der Waals surface area contributed by atoms with Crippen LogP contribution < -0.4 is 10.1 Å². The van der Waals surface area contributed by atoms with Gasteiger partial charge in [-0.25, -0.2) is 0 Å². The second kappa shape index (κ2) is 8.06. The summed E-state index contributed by atoms with van der Waals surface area (Å²) in [7, 11) is 0. The van der Waals surface area contributed by atoms with Gasteiger partial charge in [0.25, 0.3) is 5.91 Å². The Labute approximate surface area is 129 Å². The minimum absolute atomic E-state index is 0.0500. The number of carbonyl (C=O) groups excluding carboxylic acids is 1. The lowest BCUT2D eigenvalue weighted by molar-refractivity contribution is -0.127. The molecule has 0 aromatic heterocycles. The Bertz CT molecular complexity index is 432. The molecule has 3 nitrogen and oxygen atoms in total. The van der Waals surface area contributed by atoms with E-state index < -0.39 is 6.10 Å². The molecule has 1 aromatic rings. The molecule has 1 N–H and O–H groups in total. The van der Waals surface area contributed by atoms with Crippen LogP contribution in [0.5, 0.6) is 5.75 Å². The van der Waals surface area contributed by atoms with Crippen LogP contribution in [-0.2, 0) is 10.2 Å². The SMILES string of the molecule is CCCCCNC(=O)[C@@H](C)Oc1ccc(C(C)(C)C)cc1. The molecule has 0 radical (unpaired) electrons. The van der Waals surface area contributed by atoms with Crippen LogP contribution in [0.25, 0.3) is 0 Å². The number of unbranched alkanes of at least 4 members (excludes halogenated alkanes) is 2. The van der Waals surface area contributed by atoms with Crippen LogP contribution in [0.15, 0.2) is 24.3 Å². The van der Waals surface area contributed by atoms with Crippen molar-refractivity contribution in [1.29, 1.82) is 0 Å². The Kier molecular flexibility index (Phi) is 6.73. The molecule has 0 fully saturated rings. The van der Waals surface area contributed by atoms with Gasteiger partial charge < -0.3 is 10.1 Å². The minimum Gasteiger partial charge on any atom is -0.481 e. The number of carbonyl (C=O) groups is 1. The Morgan fingerprint density at radius 2 is 1.81 bits per heavy atom. The van der Waals surface area contributed by atoms with Crippen LogP contribution >= 0.6 is 0 Å². The third kappa shape index (κ3) is 6.19. The summed E-state index contributed by atoms with van der Waals surface area (Å²) in [6, 6.07) is 7.98. The molecule has 0 aliphatic carbocycles. The highest BCUT2D eigenvalue weighted by Gasteiger charge is 2.16. The molecular weight excluding hydrogens is 262 g/mol. The second-order valence-electron chi connectivity index (χ2n) is 6.53. The summed E-state index contributed by atoms with van der Waals surface area (Å²) < 4.78 is 5.69. The third-order valence-electron chi connectivity index (χ3n) is 3.48. The lowest BCUT2D eigenvalue weighted by Gasteiger charge is -2.20. The van der Waals surface area contributed by atoms with E-state index in [0.717, 1.165) is 31.6 Å². The Balaban J connectivity index is 2.47. The molecule has 1 aromatic carbocycles. The molecule has 0 bridgehead atoms. The predicted molar refractivity (Wildman–Crippen MR) is 87.8 cm³/mol. The fourth-order valence-corrected chi connectivity index (χ4v) is 2.02. The number of benzene rings is 1. The molecule has 1 atom stereocenters. The topological polar surface area (TPSA) is 38.3 Å². The van der Waals surface area contributed by atoms with Crippen LogP contribution in [0.1, 0.15) is 59.4 Å². The summed E-state index contributed by atoms with van der Waals surface area (Å²) in [5.74, 6) is 0.685. The highest BCUT2D eigenvalue weighted by Crippen LogP contribution is 2.24. The summed E-state index contributed by atoms with van der Waals surface area (Å²) in [4.78, 5) is 11.9. The van der Waals surface area contributed by atoms with Crippen LogP contribution in [0, 0.1) is 0 Å². The van der Waals surface area contributed by atoms with Gasteiger partial charge in [0.2, 0.25) is 0 Å². The largest absolute Gasteiger partial charge is 0.481 e. The number of rotatable bonds is 7. The first-order valence-electron chi connectivity index (χ1n) is 7.89. The smallest absolute Gasteiger partial charge is 0.260 e. The molecule has 21 heavy (non-hydrogen) atoms. The molecule has 0 saturated carbocycles. The molecule has 0 aliphatic heterocycles. The van der Waals surface area contributed by atoms with E-state index in [2.05, 4.69) is 45.1 Å². The maximum Gasteiger partial charge on any atom is 0.260 e. The van der Waals surface area contributed by atoms with E-state index in [1.165, 1.54) is 5.56 Å². The van der Waals surface area contributed by atoms with E-state index in [1.54, 1.807) is 6.92 Å². The first kappa shape index (κ1) is 17.5. The Hall–Kier alpha value is -1.51. The lowest BCUT2D eigenvalue weighted by atomic mass is 9.87. The molecule has 1 amide bonds. The van der Waals surface area contributed by atoms with Crippen molar-refractivity contribution in [3.63, 3.8) is 0 Å². The number of hydrogen-bond acceptors (Lipinski definition) is 2. The van der Waals surface area contributed by atoms with Crippen molar-refractivity contribution in [2.45, 2.75) is 65.4 Å². The van der Waals surface area contributed by atoms with Crippen LogP contribution in [0.3, 0.4) is 0 Å². The highest BCUT2D eigenvalue weighted by molar-refractivity contribution is 5.80. The van der Waals surface area contributed by atoms with Crippen LogP contribution in [-0.4, -0.2) is 18.6 Å². The molecule has 0 saturated heterocycles. The molecule has 0 aliphatic rings. The van der Waals surface area contributed by atoms with Crippen molar-refractivity contribution in [2.75, 3.05) is 6.54 Å². The van der Waals surface area contributed by atoms with Gasteiger partial charge in [-0.1, -0.05) is 52.7 Å². The molecule has 118 valence electrons. The van der Waals surface area contributed by atoms with Gasteiger partial charge in [0.1, 0.15) is 5.75 Å². The monoisotopic (exact) mass is 291 g/mol. The summed E-state index contributed by atoms with van der Waals surface area (Å²) in [5, 5.41) is 2.91. The number of nitrogens with one attached hydrogen (secondary N) is 1. The zero-order valence-electron chi connectivity index (χ0n) is 14.0. The minimum atomic E-state index is -0.466. The van der Waals surface area contributed by atoms with Gasteiger partial charge in [-0.15, -0.1) is 0 Å². The van der Waals surface area contributed by atoms with Crippen molar-refractivity contribution in [1.82, 2.24) is 5.32 Å². The number of amides is 1. The number of ether oxygens (including phenoxy) is 1. The molecule has 0 unspecified atom stereocenters. The normalized spacial score (nSPS) is 12.8. The first-order chi connectivity index (χ1) is 9.84. The standard InChI is InChI=1S/C18H29NO2/c1-6-7-8-13-19-17(20)14(2)21-16-11-9-15(10-12-16)18(3,4)5/h9-12,14H,6-8,13H2,1-5H3,(H,19,20)/t14-/m1/s1. The fraction of sp³-hybridized carbons (Fsp3) is 0.611. The quantitative estimate of drug-likeness (QED) is 0.769. The van der Waals surface area contributed by atoms with E-state index >= 15 is 0 Å². The zero-order chi connectivity index (χ0) is 15.9. The van der Waals surface area contributed by atoms with Crippen molar-refractivity contribution in [3.05, 3.63) is 29.8 Å². The van der Waals surface area contributed by atoms with Gasteiger partial charge >= 0.3 is 0 Å². The van der Waals surface area contributed by atoms with Gasteiger partial charge in [0.15, 0.2) is 6.10 Å². The average molecular weight is 291 g/mol. The first-order valence-corrected chi connectivity index (χ1v) is 7.89. The van der Waals surface area contributed by atoms with Crippen LogP contribution in [0.2, 0.25) is 0 Å². The molecule has 0 heterocycles. The second-order valence-corrected chi connectivity index (χ2v) is 6.53. The summed E-state index contributed by atoms with van der Waals surface area (Å²) in [6.07, 6.45) is 2.85. The van der Waals surface area contributed by atoms with Gasteiger partial charge in [-0.05, 0) is 36.5 Å². The average Bonchev–Trinajstić information content (AvgIpc) is 2.43. The molecular formula is C18H29NO2. The van der Waals surface area contributed by atoms with Crippen molar-refractivity contribution >= 4 is 5.91 Å². The summed E-state index contributed by atoms with van der Waals surface area (Å²) in [6.45, 7) is 11.2. The highest BCUT2D eigenvalue weighted by atomic mass is 16.5. The van der Waals surface area contributed by atoms with E-state index in [4.69, 9.17) is 4.74 Å². The predicted octanol–water partition coefficient (Wildman–Crippen LogP) is 4.06. The van der Waals surface area contributed by atoms with Gasteiger partial charge in [-0.2, -0.15) is 0 Å². The third-order valence-corrected chi connectivity index (χ3v) is 3.48. The van der Waals surface area contributed by atoms with E-state index in [-0.39, 0.29) is 11.3 Å². The molecule has 1 rings (SSSR count). The van der Waals surface area contributed by atoms with Crippen LogP contribution in [0.4, 0.5) is 0 Å². The summed E-state index contributed by atoms with van der Waals surface area (Å²) >= 11 is 0. The lowest BCUT2D eigenvalue weighted by Crippen LogP contribution is -2.36. The van der Waals surface area contributed by atoms with Crippen molar-refractivity contribution in [3.8, 4) is 5.75 Å². The summed E-state index contributed by atoms with van der Waals surface area (Å²) in [5.41, 5.74) is 1.38. The number of hydrogen-bond donors (Lipinski definition) is 1. The molecule has 0 spiro atoms. The van der Waals surface area contributed by atoms with E-state index in [9.17, 15) is 4.79 Å². The Morgan fingerprint density at radius 3 is 2.33 bits per heavy atom. The van der Waals surface area contributed by atoms with E-state index in [0.29, 0.717) is 0 Å². The van der Waals surface area contributed by atoms with E-state index in [1.807, 2.05) is 12.1 Å². The Morgan fingerprint density at radius 1 is 1.19 bits per heavy atom. The zero-order valence-corrected chi connectivity index (χ0v) is 14.0. The van der Waals surface area contributed by atoms with Gasteiger partial charge in [0.05, 0.1) is 0 Å². The fourth-order valence-electron chi connectivity index (χ4n) is 2.02. The molecule has 3 heteroatoms. The van der Waals surface area contributed by atoms with Gasteiger partial charge in [-0.3, -0.25) is 4.79 Å². The van der Waals surface area contributed by atoms with Crippen molar-refractivity contribution in [2.24, 2.45) is 0 Å².